The summed E-state index contributed by atoms with van der Waals surface area (Å²) in [5.41, 5.74) is 5.74. The van der Waals surface area contributed by atoms with Crippen molar-refractivity contribution < 1.29 is 9.59 Å². The molecule has 2 N–H and O–H groups in total. The van der Waals surface area contributed by atoms with Crippen LogP contribution in [0.2, 0.25) is 0 Å². The van der Waals surface area contributed by atoms with Gasteiger partial charge in [-0.15, -0.1) is 0 Å². The molecule has 1 fully saturated rings. The Hall–Kier alpha value is -1.10. The lowest BCUT2D eigenvalue weighted by Gasteiger charge is -2.32. The van der Waals surface area contributed by atoms with E-state index < -0.39 is 0 Å². The molecule has 0 saturated heterocycles. The number of nitrogens with two attached hydrogens (primary N) is 1. The molecule has 1 aliphatic carbocycles. The number of rotatable bonds is 4. The Bertz CT molecular complexity index is 305. The molecule has 5 nitrogen and oxygen atoms in total. The van der Waals surface area contributed by atoms with Gasteiger partial charge in [0.1, 0.15) is 0 Å². The maximum Gasteiger partial charge on any atom is 0.241 e. The molecule has 2 atom stereocenters. The van der Waals surface area contributed by atoms with Crippen molar-refractivity contribution in [2.45, 2.75) is 25.7 Å². The van der Waals surface area contributed by atoms with Gasteiger partial charge in [0.15, 0.2) is 0 Å². The summed E-state index contributed by atoms with van der Waals surface area (Å²) in [5.74, 6) is 0.304. The number of likely N-dealkylation sites (N-methyl/N-ethyl adjacent to an activating group) is 2. The SMILES string of the molecule is CN(C)C(=O)CN(C)C(=O)C1CCCCC1CN. The van der Waals surface area contributed by atoms with Crippen molar-refractivity contribution in [1.29, 1.82) is 0 Å². The number of hydrogen-bond acceptors (Lipinski definition) is 3. The fourth-order valence-electron chi connectivity index (χ4n) is 2.52. The highest BCUT2D eigenvalue weighted by Gasteiger charge is 2.32. The van der Waals surface area contributed by atoms with Gasteiger partial charge in [-0.25, -0.2) is 0 Å². The monoisotopic (exact) mass is 255 g/mol. The molecule has 0 radical (unpaired) electrons. The predicted molar refractivity (Wildman–Crippen MR) is 70.8 cm³/mol. The Kier molecular flexibility index (Phi) is 5.59. The number of carbonyl (C=O) groups is 2. The third kappa shape index (κ3) is 3.70. The van der Waals surface area contributed by atoms with E-state index in [-0.39, 0.29) is 30.2 Å². The number of nitrogens with zero attached hydrogens (tertiary/aromatic N) is 2. The van der Waals surface area contributed by atoms with E-state index in [0.29, 0.717) is 6.54 Å². The molecule has 2 amide bonds. The zero-order valence-corrected chi connectivity index (χ0v) is 11.7. The van der Waals surface area contributed by atoms with Crippen LogP contribution in [0.25, 0.3) is 0 Å². The Labute approximate surface area is 109 Å². The summed E-state index contributed by atoms with van der Waals surface area (Å²) in [7, 11) is 5.10. The normalized spacial score (nSPS) is 23.6. The second kappa shape index (κ2) is 6.73. The number of hydrogen-bond donors (Lipinski definition) is 1. The van der Waals surface area contributed by atoms with Crippen molar-refractivity contribution in [3.63, 3.8) is 0 Å². The lowest BCUT2D eigenvalue weighted by Crippen LogP contribution is -2.44. The minimum Gasteiger partial charge on any atom is -0.347 e. The van der Waals surface area contributed by atoms with Crippen LogP contribution in [0, 0.1) is 11.8 Å². The van der Waals surface area contributed by atoms with Crippen molar-refractivity contribution in [2.75, 3.05) is 34.2 Å². The molecule has 1 rings (SSSR count). The molecule has 104 valence electrons. The van der Waals surface area contributed by atoms with E-state index >= 15 is 0 Å². The van der Waals surface area contributed by atoms with E-state index in [1.807, 2.05) is 0 Å². The Morgan fingerprint density at radius 3 is 2.33 bits per heavy atom. The molecule has 5 heteroatoms. The summed E-state index contributed by atoms with van der Waals surface area (Å²) in [6, 6.07) is 0. The van der Waals surface area contributed by atoms with Gasteiger partial charge >= 0.3 is 0 Å². The standard InChI is InChI=1S/C13H25N3O2/c1-15(2)12(17)9-16(3)13(18)11-7-5-4-6-10(11)8-14/h10-11H,4-9,14H2,1-3H3. The van der Waals surface area contributed by atoms with Crippen LogP contribution in [0.15, 0.2) is 0 Å². The number of carbonyl (C=O) groups excluding carboxylic acids is 2. The molecule has 0 bridgehead atoms. The summed E-state index contributed by atoms with van der Waals surface area (Å²) in [5, 5.41) is 0. The molecular weight excluding hydrogens is 230 g/mol. The molecule has 2 unspecified atom stereocenters. The van der Waals surface area contributed by atoms with Crippen LogP contribution >= 0.6 is 0 Å². The summed E-state index contributed by atoms with van der Waals surface area (Å²) >= 11 is 0. The van der Waals surface area contributed by atoms with Crippen molar-refractivity contribution in [2.24, 2.45) is 17.6 Å². The smallest absolute Gasteiger partial charge is 0.241 e. The molecule has 0 aromatic carbocycles. The van der Waals surface area contributed by atoms with Crippen molar-refractivity contribution in [1.82, 2.24) is 9.80 Å². The van der Waals surface area contributed by atoms with Crippen LogP contribution in [-0.4, -0.2) is 55.8 Å². The van der Waals surface area contributed by atoms with E-state index in [4.69, 9.17) is 5.73 Å². The average Bonchev–Trinajstić information content (AvgIpc) is 2.37. The van der Waals surface area contributed by atoms with Crippen LogP contribution < -0.4 is 5.73 Å². The summed E-state index contributed by atoms with van der Waals surface area (Å²) in [6.45, 7) is 0.714. The first-order chi connectivity index (χ1) is 8.47. The largest absolute Gasteiger partial charge is 0.347 e. The maximum atomic E-state index is 12.3. The third-order valence-corrected chi connectivity index (χ3v) is 3.78. The molecule has 0 aromatic rings. The molecule has 0 aliphatic heterocycles. The van der Waals surface area contributed by atoms with E-state index in [1.165, 1.54) is 4.90 Å². The van der Waals surface area contributed by atoms with Gasteiger partial charge in [-0.3, -0.25) is 9.59 Å². The first kappa shape index (κ1) is 15.0. The van der Waals surface area contributed by atoms with Crippen molar-refractivity contribution in [3.05, 3.63) is 0 Å². The van der Waals surface area contributed by atoms with Gasteiger partial charge in [-0.2, -0.15) is 0 Å². The van der Waals surface area contributed by atoms with Gasteiger partial charge in [0, 0.05) is 27.1 Å². The van der Waals surface area contributed by atoms with Crippen LogP contribution in [0.4, 0.5) is 0 Å². The number of amides is 2. The average molecular weight is 255 g/mol. The highest BCUT2D eigenvalue weighted by molar-refractivity contribution is 5.85. The van der Waals surface area contributed by atoms with Crippen molar-refractivity contribution in [3.8, 4) is 0 Å². The van der Waals surface area contributed by atoms with Crippen molar-refractivity contribution >= 4 is 11.8 Å². The highest BCUT2D eigenvalue weighted by Crippen LogP contribution is 2.30. The Balaban J connectivity index is 2.58. The van der Waals surface area contributed by atoms with Crippen LogP contribution in [0.3, 0.4) is 0 Å². The lowest BCUT2D eigenvalue weighted by atomic mass is 9.78. The highest BCUT2D eigenvalue weighted by atomic mass is 16.2. The maximum absolute atomic E-state index is 12.3. The molecular formula is C13H25N3O2. The molecule has 18 heavy (non-hydrogen) atoms. The van der Waals surface area contributed by atoms with E-state index in [9.17, 15) is 9.59 Å². The van der Waals surface area contributed by atoms with Crippen LogP contribution in [0.5, 0.6) is 0 Å². The summed E-state index contributed by atoms with van der Waals surface area (Å²) < 4.78 is 0. The van der Waals surface area contributed by atoms with E-state index in [1.54, 1.807) is 26.0 Å². The third-order valence-electron chi connectivity index (χ3n) is 3.78. The van der Waals surface area contributed by atoms with Gasteiger partial charge in [0.2, 0.25) is 11.8 Å². The second-order valence-corrected chi connectivity index (χ2v) is 5.37. The molecule has 0 spiro atoms. The predicted octanol–water partition coefficient (Wildman–Crippen LogP) is 0.298. The van der Waals surface area contributed by atoms with E-state index in [0.717, 1.165) is 25.7 Å². The minimum absolute atomic E-state index is 0.00344. The van der Waals surface area contributed by atoms with Crippen LogP contribution in [-0.2, 0) is 9.59 Å². The summed E-state index contributed by atoms with van der Waals surface area (Å²) in [4.78, 5) is 27.0. The zero-order chi connectivity index (χ0) is 13.7. The Morgan fingerprint density at radius 1 is 1.17 bits per heavy atom. The minimum atomic E-state index is -0.0500. The lowest BCUT2D eigenvalue weighted by molar-refractivity contribution is -0.142. The van der Waals surface area contributed by atoms with Gasteiger partial charge in [0.25, 0.3) is 0 Å². The molecule has 1 aliphatic rings. The van der Waals surface area contributed by atoms with Gasteiger partial charge in [-0.05, 0) is 25.3 Å². The fraction of sp³-hybridized carbons (Fsp3) is 0.846. The van der Waals surface area contributed by atoms with Crippen LogP contribution in [0.1, 0.15) is 25.7 Å². The first-order valence-electron chi connectivity index (χ1n) is 6.62. The van der Waals surface area contributed by atoms with Gasteiger partial charge in [0.05, 0.1) is 6.54 Å². The molecule has 0 heterocycles. The van der Waals surface area contributed by atoms with E-state index in [2.05, 4.69) is 0 Å². The fourth-order valence-corrected chi connectivity index (χ4v) is 2.52. The topological polar surface area (TPSA) is 66.6 Å². The Morgan fingerprint density at radius 2 is 1.78 bits per heavy atom. The quantitative estimate of drug-likeness (QED) is 0.785. The van der Waals surface area contributed by atoms with Gasteiger partial charge < -0.3 is 15.5 Å². The molecule has 0 aromatic heterocycles. The molecule has 1 saturated carbocycles. The second-order valence-electron chi connectivity index (χ2n) is 5.37. The van der Waals surface area contributed by atoms with Gasteiger partial charge in [-0.1, -0.05) is 12.8 Å². The zero-order valence-electron chi connectivity index (χ0n) is 11.7. The summed E-state index contributed by atoms with van der Waals surface area (Å²) in [6.07, 6.45) is 4.18. The first-order valence-corrected chi connectivity index (χ1v) is 6.62.